The lowest BCUT2D eigenvalue weighted by atomic mass is 9.87. The lowest BCUT2D eigenvalue weighted by Crippen LogP contribution is -2.68. The molecule has 53 heteroatoms. The number of ether oxygens (including phenoxy) is 28. The first-order chi connectivity index (χ1) is 71.0. The predicted octanol–water partition coefficient (Wildman–Crippen LogP) is -0.643. The topological polar surface area (TPSA) is 598 Å². The molecule has 5 N–H and O–H groups in total. The van der Waals surface area contributed by atoms with Gasteiger partial charge in [0.2, 0.25) is 35.3 Å². The van der Waals surface area contributed by atoms with Gasteiger partial charge >= 0.3 is 35.8 Å². The van der Waals surface area contributed by atoms with Crippen molar-refractivity contribution >= 4 is 65.4 Å². The van der Waals surface area contributed by atoms with Crippen molar-refractivity contribution in [3.63, 3.8) is 0 Å². The van der Waals surface area contributed by atoms with Gasteiger partial charge in [-0.05, 0) is 31.2 Å². The quantitative estimate of drug-likeness (QED) is 0.0208. The van der Waals surface area contributed by atoms with Gasteiger partial charge in [-0.25, -0.2) is 14.0 Å². The third-order valence-corrected chi connectivity index (χ3v) is 23.0. The van der Waals surface area contributed by atoms with Gasteiger partial charge in [0.15, 0.2) is 66.7 Å². The van der Waals surface area contributed by atoms with Crippen molar-refractivity contribution in [2.45, 2.75) is 256 Å². The molecule has 15 atom stereocenters. The van der Waals surface area contributed by atoms with Gasteiger partial charge in [-0.2, -0.15) is 0 Å². The minimum atomic E-state index is -1.65. The van der Waals surface area contributed by atoms with E-state index in [1.165, 1.54) is 62.3 Å². The van der Waals surface area contributed by atoms with Crippen LogP contribution in [0.4, 0.5) is 0 Å². The molecule has 6 aliphatic heterocycles. The molecule has 0 unspecified atom stereocenters. The maximum Gasteiger partial charge on any atom is 0.303 e. The number of nitrogens with zero attached hydrogens (tertiary/aromatic N) is 9. The van der Waals surface area contributed by atoms with E-state index in [0.29, 0.717) is 82.2 Å². The molecule has 0 radical (unpaired) electrons. The van der Waals surface area contributed by atoms with Crippen LogP contribution in [0.15, 0.2) is 48.9 Å². The molecule has 0 aliphatic carbocycles. The van der Waals surface area contributed by atoms with Crippen LogP contribution in [0.3, 0.4) is 0 Å². The molecule has 9 heterocycles. The number of esters is 6. The number of amides is 5. The molecule has 4 aromatic rings. The van der Waals surface area contributed by atoms with Gasteiger partial charge in [0.25, 0.3) is 0 Å². The second-order valence-electron chi connectivity index (χ2n) is 35.5. The third-order valence-electron chi connectivity index (χ3n) is 23.0. The third kappa shape index (κ3) is 41.3. The Hall–Kier alpha value is -10.1. The molecule has 53 nitrogen and oxygen atoms in total. The standard InChI is InChI=1S/C94H144N14O39/c1-64(109)96-79-82(139-67(4)112)85(142-70(7)115)92(61-135-88(79)145-92)59-130-45-43-126-39-37-123-34-31-120-28-24-106-49-74(100-103-106)53-132-56-91(99-78(119)22-15-11-17-23-95-77(118)21-16-12-18-27-129-52-73-19-13-10-14-20-73,58-134-55-76-51-108(105-102-76)26-30-122-33-36-125-41-42-128-47-48-138-94-63-137-90(147-94)81(98-66(3)111)84(141-69(6)114)87(94)144-72(9)117)57-133-54-75-50-107(104-101-75)25-29-121-32-35-124-38-40-127-44-46-131-60-93-62-136-89(146-93)80(97-65(2)110)83(140-68(5)113)86(93)143-71(8)116/h10,13-14,19-20,49-51,79-90H,11-12,15-18,21-48,52-63H2,1-9H3,(H,95,118)(H,96,109)(H,97,110)(H,98,111)(H,99,119)/t79-,80-,81-,82-,83-,84-,85-,86-,87-,88+,89+,90+,92+,93+,94+/m1/s1. The number of hydrogen-bond donors (Lipinski definition) is 5. The number of nitrogens with one attached hydrogen (secondary N) is 5. The van der Waals surface area contributed by atoms with Crippen LogP contribution in [-0.4, -0.2) is 411 Å². The summed E-state index contributed by atoms with van der Waals surface area (Å²) in [5.41, 5.74) is -1.52. The van der Waals surface area contributed by atoms with E-state index in [0.717, 1.165) is 24.8 Å². The summed E-state index contributed by atoms with van der Waals surface area (Å²) in [6.07, 6.45) is -0.231. The number of rotatable bonds is 77. The number of carbonyl (C=O) groups excluding carboxylic acids is 11. The molecule has 10 rings (SSSR count). The molecular formula is C94H144N14O39. The SMILES string of the molecule is CC(=O)N[C@H]1[C@H]2OC[C@](COCCOCCOCCOCCn3cc(COCC(COCc4cn(CCOCCOCCOCCOC[C@@]56CO[C@@H](O5)[C@H](NC(C)=O)[C@@H](OC(C)=O)[C@H]6OC(C)=O)nn4)(COCc4cn(CCOCCOCCOCCO[C@@]56CO[C@@H](O5)[C@H](NC(C)=O)[C@@H](OC(C)=O)[C@H]6OC(C)=O)nn4)NC(=O)CCCCCNC(=O)CCCCCOCc4ccccc4)nn3)(O2)[C@H](OC(C)=O)[C@@H]1OC(C)=O. The zero-order chi connectivity index (χ0) is 105. The van der Waals surface area contributed by atoms with Crippen LogP contribution in [0.25, 0.3) is 0 Å². The lowest BCUT2D eigenvalue weighted by molar-refractivity contribution is -0.323. The van der Waals surface area contributed by atoms with E-state index in [1.807, 2.05) is 30.3 Å². The number of benzene rings is 1. The zero-order valence-corrected chi connectivity index (χ0v) is 85.0. The number of carbonyl (C=O) groups is 11. The molecule has 0 saturated carbocycles. The molecular weight excluding hydrogens is 1950 g/mol. The molecule has 3 aromatic heterocycles. The van der Waals surface area contributed by atoms with Crippen LogP contribution in [0.1, 0.15) is 136 Å². The van der Waals surface area contributed by atoms with Crippen molar-refractivity contribution in [2.24, 2.45) is 0 Å². The summed E-state index contributed by atoms with van der Waals surface area (Å²) in [7, 11) is 0. The summed E-state index contributed by atoms with van der Waals surface area (Å²) in [4.78, 5) is 137. The van der Waals surface area contributed by atoms with E-state index in [2.05, 4.69) is 57.5 Å². The monoisotopic (exact) mass is 2090 g/mol. The molecule has 147 heavy (non-hydrogen) atoms. The fourth-order valence-corrected chi connectivity index (χ4v) is 16.6. The summed E-state index contributed by atoms with van der Waals surface area (Å²) >= 11 is 0. The van der Waals surface area contributed by atoms with E-state index in [9.17, 15) is 52.7 Å². The predicted molar refractivity (Wildman–Crippen MR) is 498 cm³/mol. The van der Waals surface area contributed by atoms with Crippen LogP contribution in [-0.2, 0) is 231 Å². The molecule has 6 aliphatic rings. The minimum absolute atomic E-state index is 0.0375. The van der Waals surface area contributed by atoms with Gasteiger partial charge in [-0.1, -0.05) is 58.8 Å². The summed E-state index contributed by atoms with van der Waals surface area (Å²) in [5, 5.41) is 40.1. The molecule has 6 saturated heterocycles. The van der Waals surface area contributed by atoms with E-state index >= 15 is 0 Å². The van der Waals surface area contributed by atoms with Crippen molar-refractivity contribution in [3.05, 3.63) is 71.6 Å². The molecule has 0 spiro atoms. The highest BCUT2D eigenvalue weighted by Crippen LogP contribution is 2.44. The van der Waals surface area contributed by atoms with Crippen LogP contribution >= 0.6 is 0 Å². The normalized spacial score (nSPS) is 23.6. The minimum Gasteiger partial charge on any atom is -0.456 e. The van der Waals surface area contributed by atoms with E-state index < -0.39 is 150 Å². The Morgan fingerprint density at radius 2 is 0.701 bits per heavy atom. The lowest BCUT2D eigenvalue weighted by Gasteiger charge is -2.45. The smallest absolute Gasteiger partial charge is 0.303 e. The first-order valence-electron chi connectivity index (χ1n) is 49.3. The first-order valence-corrected chi connectivity index (χ1v) is 49.3. The van der Waals surface area contributed by atoms with Crippen LogP contribution in [0.2, 0.25) is 0 Å². The van der Waals surface area contributed by atoms with Crippen molar-refractivity contribution in [3.8, 4) is 0 Å². The van der Waals surface area contributed by atoms with Crippen molar-refractivity contribution in [1.82, 2.24) is 71.6 Å². The van der Waals surface area contributed by atoms with Crippen LogP contribution in [0.5, 0.6) is 0 Å². The molecule has 6 bridgehead atoms. The Balaban J connectivity index is 0.677. The summed E-state index contributed by atoms with van der Waals surface area (Å²) < 4.78 is 169. The largest absolute Gasteiger partial charge is 0.456 e. The first kappa shape index (κ1) is 119. The van der Waals surface area contributed by atoms with E-state index in [4.69, 9.17) is 133 Å². The van der Waals surface area contributed by atoms with E-state index in [1.54, 1.807) is 32.6 Å². The number of aromatic nitrogens is 9. The van der Waals surface area contributed by atoms with Crippen LogP contribution in [0, 0.1) is 0 Å². The Kier molecular flexibility index (Phi) is 51.6. The maximum atomic E-state index is 14.4. The molecule has 6 fully saturated rings. The Morgan fingerprint density at radius 3 is 1.10 bits per heavy atom. The Labute approximate surface area is 851 Å². The average Bonchev–Trinajstić information content (AvgIpc) is 1.60. The van der Waals surface area contributed by atoms with E-state index in [-0.39, 0.29) is 230 Å². The van der Waals surface area contributed by atoms with Crippen molar-refractivity contribution < 1.29 is 185 Å². The summed E-state index contributed by atoms with van der Waals surface area (Å²) in [5.74, 6) is -7.35. The highest BCUT2D eigenvalue weighted by atomic mass is 16.8. The van der Waals surface area contributed by atoms with Gasteiger partial charge in [0.1, 0.15) is 47.4 Å². The average molecular weight is 2090 g/mol. The maximum absolute atomic E-state index is 14.4. The molecule has 1 aromatic carbocycles. The number of fused-ring (bicyclic) bond motifs is 6. The van der Waals surface area contributed by atoms with Crippen LogP contribution < -0.4 is 26.6 Å². The number of unbranched alkanes of at least 4 members (excludes halogenated alkanes) is 4. The summed E-state index contributed by atoms with van der Waals surface area (Å²) in [6, 6.07) is 7.07. The summed E-state index contributed by atoms with van der Waals surface area (Å²) in [6.45, 7) is 16.8. The second kappa shape index (κ2) is 63.8. The fraction of sp³-hybridized carbons (Fsp3) is 0.755. The van der Waals surface area contributed by atoms with Gasteiger partial charge in [0, 0.05) is 88.3 Å². The zero-order valence-electron chi connectivity index (χ0n) is 85.0. The van der Waals surface area contributed by atoms with Gasteiger partial charge in [0.05, 0.1) is 250 Å². The van der Waals surface area contributed by atoms with Gasteiger partial charge in [-0.15, -0.1) is 15.3 Å². The molecule has 5 amide bonds. The van der Waals surface area contributed by atoms with Crippen molar-refractivity contribution in [1.29, 1.82) is 0 Å². The van der Waals surface area contributed by atoms with Gasteiger partial charge < -0.3 is 159 Å². The second-order valence-corrected chi connectivity index (χ2v) is 35.5. The highest BCUT2D eigenvalue weighted by molar-refractivity contribution is 5.78. The van der Waals surface area contributed by atoms with Gasteiger partial charge in [-0.3, -0.25) is 52.7 Å². The fourth-order valence-electron chi connectivity index (χ4n) is 16.6. The number of hydrogen-bond acceptors (Lipinski definition) is 45. The Bertz CT molecular complexity index is 4480. The van der Waals surface area contributed by atoms with Crippen molar-refractivity contribution in [2.75, 3.05) is 205 Å². The highest BCUT2D eigenvalue weighted by Gasteiger charge is 2.67. The molecule has 824 valence electrons. The Morgan fingerprint density at radius 1 is 0.354 bits per heavy atom.